The average Bonchev–Trinajstić information content (AvgIpc) is 2.88. The summed E-state index contributed by atoms with van der Waals surface area (Å²) in [5, 5.41) is 18.6. The molecule has 6 nitrogen and oxygen atoms in total. The topological polar surface area (TPSA) is 90.3 Å². The first-order valence-electron chi connectivity index (χ1n) is 5.32. The van der Waals surface area contributed by atoms with Gasteiger partial charge in [0.1, 0.15) is 18.2 Å². The number of H-pyrrole nitrogens is 1. The number of nitrogens with zero attached hydrogens (tertiary/aromatic N) is 4. The number of hydrogen-bond donors (Lipinski definition) is 2. The van der Waals surface area contributed by atoms with Crippen LogP contribution in [0, 0.1) is 11.3 Å². The van der Waals surface area contributed by atoms with Crippen molar-refractivity contribution in [2.75, 3.05) is 11.9 Å². The third-order valence-electron chi connectivity index (χ3n) is 2.31. The van der Waals surface area contributed by atoms with Crippen molar-refractivity contribution in [1.29, 1.82) is 5.26 Å². The monoisotopic (exact) mass is 228 g/mol. The Hall–Kier alpha value is -2.42. The van der Waals surface area contributed by atoms with Crippen LogP contribution in [0.1, 0.15) is 17.8 Å². The van der Waals surface area contributed by atoms with E-state index >= 15 is 0 Å². The van der Waals surface area contributed by atoms with Crippen molar-refractivity contribution in [2.45, 2.75) is 12.8 Å². The lowest BCUT2D eigenvalue weighted by molar-refractivity contribution is 0.805. The standard InChI is InChI=1S/C11H12N6/c12-6-9-3-5-13-7-10(9)14-4-1-2-11-15-8-16-17-11/h3,5,7-8,14H,1-2,4H2,(H,15,16,17). The Bertz CT molecular complexity index is 499. The fourth-order valence-electron chi connectivity index (χ4n) is 1.46. The summed E-state index contributed by atoms with van der Waals surface area (Å²) < 4.78 is 0. The maximum Gasteiger partial charge on any atom is 0.137 e. The maximum absolute atomic E-state index is 8.88. The Labute approximate surface area is 98.7 Å². The molecule has 0 aliphatic rings. The van der Waals surface area contributed by atoms with Gasteiger partial charge in [0.15, 0.2) is 0 Å². The lowest BCUT2D eigenvalue weighted by Gasteiger charge is -2.06. The number of anilines is 1. The van der Waals surface area contributed by atoms with Crippen LogP contribution >= 0.6 is 0 Å². The Kier molecular flexibility index (Phi) is 3.65. The van der Waals surface area contributed by atoms with Gasteiger partial charge in [-0.2, -0.15) is 10.4 Å². The number of aromatic nitrogens is 4. The predicted octanol–water partition coefficient (Wildman–Crippen LogP) is 1.12. The van der Waals surface area contributed by atoms with E-state index < -0.39 is 0 Å². The third kappa shape index (κ3) is 3.01. The molecule has 0 aliphatic heterocycles. The van der Waals surface area contributed by atoms with Crippen molar-refractivity contribution in [2.24, 2.45) is 0 Å². The lowest BCUT2D eigenvalue weighted by atomic mass is 10.2. The molecule has 0 amide bonds. The molecule has 2 aromatic rings. The molecule has 0 unspecified atom stereocenters. The normalized spacial score (nSPS) is 9.82. The Morgan fingerprint density at radius 3 is 3.18 bits per heavy atom. The first kappa shape index (κ1) is 11.1. The van der Waals surface area contributed by atoms with Crippen LogP contribution in [0.25, 0.3) is 0 Å². The zero-order valence-corrected chi connectivity index (χ0v) is 9.22. The summed E-state index contributed by atoms with van der Waals surface area (Å²) in [6.45, 7) is 0.765. The van der Waals surface area contributed by atoms with Crippen LogP contribution in [0.4, 0.5) is 5.69 Å². The van der Waals surface area contributed by atoms with E-state index in [1.165, 1.54) is 6.33 Å². The highest BCUT2D eigenvalue weighted by atomic mass is 15.2. The molecule has 2 N–H and O–H groups in total. The number of aryl methyl sites for hydroxylation is 1. The average molecular weight is 228 g/mol. The van der Waals surface area contributed by atoms with Crippen LogP contribution in [0.5, 0.6) is 0 Å². The summed E-state index contributed by atoms with van der Waals surface area (Å²) >= 11 is 0. The molecular weight excluding hydrogens is 216 g/mol. The van der Waals surface area contributed by atoms with Gasteiger partial charge in [0, 0.05) is 19.2 Å². The summed E-state index contributed by atoms with van der Waals surface area (Å²) in [6.07, 6.45) is 6.51. The van der Waals surface area contributed by atoms with Crippen LogP contribution in [-0.4, -0.2) is 26.7 Å². The minimum Gasteiger partial charge on any atom is -0.383 e. The fourth-order valence-corrected chi connectivity index (χ4v) is 1.46. The molecule has 0 bridgehead atoms. The van der Waals surface area contributed by atoms with Gasteiger partial charge in [0.05, 0.1) is 17.4 Å². The highest BCUT2D eigenvalue weighted by Gasteiger charge is 2.00. The Balaban J connectivity index is 1.80. The Morgan fingerprint density at radius 1 is 1.47 bits per heavy atom. The van der Waals surface area contributed by atoms with E-state index in [2.05, 4.69) is 31.6 Å². The van der Waals surface area contributed by atoms with Crippen molar-refractivity contribution in [1.82, 2.24) is 20.2 Å². The lowest BCUT2D eigenvalue weighted by Crippen LogP contribution is -2.05. The minimum atomic E-state index is 0.611. The van der Waals surface area contributed by atoms with E-state index in [0.29, 0.717) is 5.56 Å². The van der Waals surface area contributed by atoms with E-state index in [0.717, 1.165) is 30.9 Å². The molecule has 0 aliphatic carbocycles. The zero-order valence-electron chi connectivity index (χ0n) is 9.22. The second-order valence-electron chi connectivity index (χ2n) is 3.50. The molecule has 2 aromatic heterocycles. The molecule has 17 heavy (non-hydrogen) atoms. The van der Waals surface area contributed by atoms with Crippen molar-refractivity contribution < 1.29 is 0 Å². The molecule has 86 valence electrons. The van der Waals surface area contributed by atoms with Gasteiger partial charge in [-0.3, -0.25) is 10.1 Å². The van der Waals surface area contributed by atoms with Gasteiger partial charge in [0.2, 0.25) is 0 Å². The SMILES string of the molecule is N#Cc1ccncc1NCCCc1ncn[nH]1. The van der Waals surface area contributed by atoms with Crippen molar-refractivity contribution in [3.05, 3.63) is 36.2 Å². The van der Waals surface area contributed by atoms with E-state index in [9.17, 15) is 0 Å². The van der Waals surface area contributed by atoms with Crippen molar-refractivity contribution in [3.8, 4) is 6.07 Å². The minimum absolute atomic E-state index is 0.611. The third-order valence-corrected chi connectivity index (χ3v) is 2.31. The smallest absolute Gasteiger partial charge is 0.137 e. The van der Waals surface area contributed by atoms with Crippen LogP contribution in [0.2, 0.25) is 0 Å². The number of rotatable bonds is 5. The van der Waals surface area contributed by atoms with E-state index in [1.807, 2.05) is 0 Å². The molecule has 0 aromatic carbocycles. The Morgan fingerprint density at radius 2 is 2.41 bits per heavy atom. The molecule has 0 spiro atoms. The highest BCUT2D eigenvalue weighted by molar-refractivity contribution is 5.55. The molecule has 0 saturated carbocycles. The summed E-state index contributed by atoms with van der Waals surface area (Å²) in [5.41, 5.74) is 1.38. The number of nitrogens with one attached hydrogen (secondary N) is 2. The molecule has 0 radical (unpaired) electrons. The summed E-state index contributed by atoms with van der Waals surface area (Å²) in [6, 6.07) is 3.81. The number of nitriles is 1. The van der Waals surface area contributed by atoms with Gasteiger partial charge in [-0.15, -0.1) is 0 Å². The number of hydrogen-bond acceptors (Lipinski definition) is 5. The summed E-state index contributed by atoms with van der Waals surface area (Å²) in [4.78, 5) is 8.02. The highest BCUT2D eigenvalue weighted by Crippen LogP contribution is 2.11. The zero-order chi connectivity index (χ0) is 11.9. The molecule has 0 saturated heterocycles. The molecule has 2 rings (SSSR count). The summed E-state index contributed by atoms with van der Waals surface area (Å²) in [7, 11) is 0. The summed E-state index contributed by atoms with van der Waals surface area (Å²) in [5.74, 6) is 0.874. The molecule has 2 heterocycles. The van der Waals surface area contributed by atoms with Gasteiger partial charge in [-0.1, -0.05) is 0 Å². The van der Waals surface area contributed by atoms with Crippen LogP contribution in [-0.2, 0) is 6.42 Å². The van der Waals surface area contributed by atoms with Crippen LogP contribution in [0.3, 0.4) is 0 Å². The van der Waals surface area contributed by atoms with E-state index in [-0.39, 0.29) is 0 Å². The van der Waals surface area contributed by atoms with Crippen LogP contribution < -0.4 is 5.32 Å². The second kappa shape index (κ2) is 5.61. The first-order chi connectivity index (χ1) is 8.40. The van der Waals surface area contributed by atoms with Crippen molar-refractivity contribution >= 4 is 5.69 Å². The first-order valence-corrected chi connectivity index (χ1v) is 5.32. The van der Waals surface area contributed by atoms with Gasteiger partial charge in [0.25, 0.3) is 0 Å². The quantitative estimate of drug-likeness (QED) is 0.748. The van der Waals surface area contributed by atoms with Gasteiger partial charge in [-0.25, -0.2) is 4.98 Å². The van der Waals surface area contributed by atoms with E-state index in [1.54, 1.807) is 18.5 Å². The van der Waals surface area contributed by atoms with Gasteiger partial charge >= 0.3 is 0 Å². The number of pyridine rings is 1. The largest absolute Gasteiger partial charge is 0.383 e. The molecule has 6 heteroatoms. The molecule has 0 fully saturated rings. The fraction of sp³-hybridized carbons (Fsp3) is 0.273. The van der Waals surface area contributed by atoms with Gasteiger partial charge in [-0.05, 0) is 12.5 Å². The second-order valence-corrected chi connectivity index (χ2v) is 3.50. The van der Waals surface area contributed by atoms with Gasteiger partial charge < -0.3 is 5.32 Å². The molecule has 0 atom stereocenters. The van der Waals surface area contributed by atoms with E-state index in [4.69, 9.17) is 5.26 Å². The predicted molar refractivity (Wildman–Crippen MR) is 62.1 cm³/mol. The molecular formula is C11H12N6. The van der Waals surface area contributed by atoms with Crippen LogP contribution in [0.15, 0.2) is 24.8 Å². The van der Waals surface area contributed by atoms with Crippen molar-refractivity contribution in [3.63, 3.8) is 0 Å². The number of aromatic amines is 1. The maximum atomic E-state index is 8.88.